The predicted molar refractivity (Wildman–Crippen MR) is 122 cm³/mol. The third kappa shape index (κ3) is 5.28. The average Bonchev–Trinajstić information content (AvgIpc) is 3.55. The number of ether oxygens (including phenoxy) is 4. The lowest BCUT2D eigenvalue weighted by atomic mass is 10.1. The highest BCUT2D eigenvalue weighted by Crippen LogP contribution is 2.34. The van der Waals surface area contributed by atoms with Crippen molar-refractivity contribution in [2.45, 2.75) is 25.5 Å². The summed E-state index contributed by atoms with van der Waals surface area (Å²) in [5, 5.41) is 4.22. The minimum Gasteiger partial charge on any atom is -0.497 e. The lowest BCUT2D eigenvalue weighted by Gasteiger charge is -2.24. The van der Waals surface area contributed by atoms with E-state index in [9.17, 15) is 4.79 Å². The zero-order valence-electron chi connectivity index (χ0n) is 19.1. The van der Waals surface area contributed by atoms with Crippen molar-refractivity contribution >= 4 is 5.91 Å². The lowest BCUT2D eigenvalue weighted by Crippen LogP contribution is -2.37. The Bertz CT molecular complexity index is 1070. The van der Waals surface area contributed by atoms with Crippen molar-refractivity contribution in [3.05, 3.63) is 59.8 Å². The van der Waals surface area contributed by atoms with E-state index in [4.69, 9.17) is 23.5 Å². The fourth-order valence-corrected chi connectivity index (χ4v) is 3.89. The molecule has 1 amide bonds. The Morgan fingerprint density at radius 3 is 2.45 bits per heavy atom. The SMILES string of the molecule is COc1ccc(C(=O)N(Cc2cc(-c3cc(OC)ccc3OC)on2)C[C@@H]2CCCO2)cc1. The van der Waals surface area contributed by atoms with E-state index in [-0.39, 0.29) is 12.0 Å². The van der Waals surface area contributed by atoms with Crippen LogP contribution in [-0.2, 0) is 11.3 Å². The number of nitrogens with zero attached hydrogens (tertiary/aromatic N) is 2. The van der Waals surface area contributed by atoms with Gasteiger partial charge >= 0.3 is 0 Å². The molecule has 0 bridgehead atoms. The zero-order chi connectivity index (χ0) is 23.2. The van der Waals surface area contributed by atoms with Gasteiger partial charge < -0.3 is 28.4 Å². The molecule has 1 aromatic heterocycles. The summed E-state index contributed by atoms with van der Waals surface area (Å²) >= 11 is 0. The standard InChI is InChI=1S/C25H28N2O6/c1-29-19-8-6-17(7-9-19)25(28)27(16-21-5-4-12-32-21)15-18-13-24(33-26-18)22-14-20(30-2)10-11-23(22)31-3/h6-11,13-14,21H,4-5,12,15-16H2,1-3H3/t21-/m0/s1. The predicted octanol–water partition coefficient (Wildman–Crippen LogP) is 4.19. The summed E-state index contributed by atoms with van der Waals surface area (Å²) < 4.78 is 27.4. The van der Waals surface area contributed by atoms with Gasteiger partial charge in [-0.05, 0) is 55.3 Å². The molecule has 0 saturated carbocycles. The van der Waals surface area contributed by atoms with Crippen LogP contribution in [0.25, 0.3) is 11.3 Å². The molecule has 33 heavy (non-hydrogen) atoms. The second kappa shape index (κ2) is 10.4. The topological polar surface area (TPSA) is 83.3 Å². The summed E-state index contributed by atoms with van der Waals surface area (Å²) in [4.78, 5) is 15.1. The van der Waals surface area contributed by atoms with Crippen molar-refractivity contribution in [1.82, 2.24) is 10.1 Å². The van der Waals surface area contributed by atoms with Gasteiger partial charge in [0, 0.05) is 24.8 Å². The second-order valence-corrected chi connectivity index (χ2v) is 7.80. The molecule has 0 radical (unpaired) electrons. The first-order valence-corrected chi connectivity index (χ1v) is 10.8. The molecule has 4 rings (SSSR count). The van der Waals surface area contributed by atoms with E-state index in [1.807, 2.05) is 24.3 Å². The number of carbonyl (C=O) groups is 1. The van der Waals surface area contributed by atoms with Crippen LogP contribution >= 0.6 is 0 Å². The summed E-state index contributed by atoms with van der Waals surface area (Å²) in [6.07, 6.45) is 1.94. The highest BCUT2D eigenvalue weighted by molar-refractivity contribution is 5.94. The molecule has 0 spiro atoms. The number of carbonyl (C=O) groups excluding carboxylic acids is 1. The molecular formula is C25H28N2O6. The van der Waals surface area contributed by atoms with Crippen molar-refractivity contribution in [1.29, 1.82) is 0 Å². The Kier molecular flexibility index (Phi) is 7.14. The van der Waals surface area contributed by atoms with Crippen LogP contribution in [0.5, 0.6) is 17.2 Å². The average molecular weight is 453 g/mol. The van der Waals surface area contributed by atoms with E-state index < -0.39 is 0 Å². The van der Waals surface area contributed by atoms with Gasteiger partial charge in [-0.3, -0.25) is 4.79 Å². The first-order valence-electron chi connectivity index (χ1n) is 10.8. The van der Waals surface area contributed by atoms with Crippen LogP contribution in [0.1, 0.15) is 28.9 Å². The number of methoxy groups -OCH3 is 3. The zero-order valence-corrected chi connectivity index (χ0v) is 19.1. The number of rotatable bonds is 9. The maximum Gasteiger partial charge on any atom is 0.254 e. The van der Waals surface area contributed by atoms with Crippen LogP contribution in [0.2, 0.25) is 0 Å². The molecule has 3 aromatic rings. The van der Waals surface area contributed by atoms with Crippen LogP contribution in [0.3, 0.4) is 0 Å². The highest BCUT2D eigenvalue weighted by atomic mass is 16.5. The normalized spacial score (nSPS) is 15.3. The van der Waals surface area contributed by atoms with Gasteiger partial charge in [0.25, 0.3) is 5.91 Å². The van der Waals surface area contributed by atoms with Crippen LogP contribution in [0, 0.1) is 0 Å². The van der Waals surface area contributed by atoms with Gasteiger partial charge in [-0.1, -0.05) is 5.16 Å². The summed E-state index contributed by atoms with van der Waals surface area (Å²) in [6.45, 7) is 1.50. The van der Waals surface area contributed by atoms with Gasteiger partial charge in [-0.25, -0.2) is 0 Å². The van der Waals surface area contributed by atoms with Crippen LogP contribution in [0.4, 0.5) is 0 Å². The van der Waals surface area contributed by atoms with Crippen LogP contribution in [-0.4, -0.2) is 56.5 Å². The third-order valence-electron chi connectivity index (χ3n) is 5.66. The maximum atomic E-state index is 13.3. The maximum absolute atomic E-state index is 13.3. The van der Waals surface area contributed by atoms with E-state index in [0.29, 0.717) is 47.4 Å². The van der Waals surface area contributed by atoms with Gasteiger partial charge in [-0.15, -0.1) is 0 Å². The Balaban J connectivity index is 1.57. The number of aromatic nitrogens is 1. The summed E-state index contributed by atoms with van der Waals surface area (Å²) in [7, 11) is 4.80. The molecular weight excluding hydrogens is 424 g/mol. The van der Waals surface area contributed by atoms with E-state index in [1.165, 1.54) is 0 Å². The number of benzene rings is 2. The third-order valence-corrected chi connectivity index (χ3v) is 5.66. The van der Waals surface area contributed by atoms with Gasteiger partial charge in [-0.2, -0.15) is 0 Å². The highest BCUT2D eigenvalue weighted by Gasteiger charge is 2.25. The molecule has 1 aliphatic heterocycles. The van der Waals surface area contributed by atoms with Gasteiger partial charge in [0.05, 0.1) is 39.5 Å². The summed E-state index contributed by atoms with van der Waals surface area (Å²) in [5.74, 6) is 2.46. The van der Waals surface area contributed by atoms with Crippen LogP contribution < -0.4 is 14.2 Å². The quantitative estimate of drug-likeness (QED) is 0.481. The number of hydrogen-bond acceptors (Lipinski definition) is 7. The Morgan fingerprint density at radius 1 is 1.03 bits per heavy atom. The smallest absolute Gasteiger partial charge is 0.254 e. The van der Waals surface area contributed by atoms with E-state index >= 15 is 0 Å². The van der Waals surface area contributed by atoms with E-state index in [2.05, 4.69) is 5.16 Å². The molecule has 2 heterocycles. The molecule has 0 unspecified atom stereocenters. The molecule has 1 fully saturated rings. The largest absolute Gasteiger partial charge is 0.497 e. The Hall–Kier alpha value is -3.52. The summed E-state index contributed by atoms with van der Waals surface area (Å²) in [5.41, 5.74) is 1.93. The molecule has 0 aliphatic carbocycles. The van der Waals surface area contributed by atoms with Gasteiger partial charge in [0.2, 0.25) is 0 Å². The first kappa shape index (κ1) is 22.7. The fraction of sp³-hybridized carbons (Fsp3) is 0.360. The minimum absolute atomic E-state index is 0.0112. The van der Waals surface area contributed by atoms with Crippen molar-refractivity contribution in [2.75, 3.05) is 34.5 Å². The first-order chi connectivity index (χ1) is 16.1. The Labute approximate surface area is 193 Å². The van der Waals surface area contributed by atoms with E-state index in [1.54, 1.807) is 50.5 Å². The molecule has 1 saturated heterocycles. The van der Waals surface area contributed by atoms with Crippen molar-refractivity contribution in [2.24, 2.45) is 0 Å². The monoisotopic (exact) mass is 452 g/mol. The minimum atomic E-state index is -0.100. The molecule has 0 N–H and O–H groups in total. The van der Waals surface area contributed by atoms with Gasteiger partial charge in [0.1, 0.15) is 22.9 Å². The number of amides is 1. The molecule has 174 valence electrons. The van der Waals surface area contributed by atoms with Crippen molar-refractivity contribution in [3.63, 3.8) is 0 Å². The number of hydrogen-bond donors (Lipinski definition) is 0. The van der Waals surface area contributed by atoms with Crippen LogP contribution in [0.15, 0.2) is 53.1 Å². The Morgan fingerprint density at radius 2 is 1.79 bits per heavy atom. The molecule has 1 atom stereocenters. The molecule has 2 aromatic carbocycles. The lowest BCUT2D eigenvalue weighted by molar-refractivity contribution is 0.0502. The van der Waals surface area contributed by atoms with E-state index in [0.717, 1.165) is 25.0 Å². The molecule has 8 heteroatoms. The summed E-state index contributed by atoms with van der Waals surface area (Å²) in [6, 6.07) is 14.4. The van der Waals surface area contributed by atoms with Crippen molar-refractivity contribution in [3.8, 4) is 28.6 Å². The molecule has 8 nitrogen and oxygen atoms in total. The van der Waals surface area contributed by atoms with Crippen molar-refractivity contribution < 1.29 is 28.3 Å². The second-order valence-electron chi connectivity index (χ2n) is 7.80. The molecule has 1 aliphatic rings. The van der Waals surface area contributed by atoms with Gasteiger partial charge in [0.15, 0.2) is 5.76 Å². The fourth-order valence-electron chi connectivity index (χ4n) is 3.89.